The normalized spacial score (nSPS) is 10.8. The Morgan fingerprint density at radius 2 is 1.87 bits per heavy atom. The first-order valence-electron chi connectivity index (χ1n) is 10.2. The Morgan fingerprint density at radius 1 is 1.13 bits per heavy atom. The van der Waals surface area contributed by atoms with Crippen LogP contribution in [0.1, 0.15) is 41.3 Å². The van der Waals surface area contributed by atoms with Crippen LogP contribution in [0.2, 0.25) is 0 Å². The first kappa shape index (κ1) is 21.4. The molecule has 0 aliphatic carbocycles. The molecule has 0 aliphatic rings. The van der Waals surface area contributed by atoms with Crippen LogP contribution in [0.3, 0.4) is 0 Å². The van der Waals surface area contributed by atoms with Gasteiger partial charge in [-0.25, -0.2) is 0 Å². The van der Waals surface area contributed by atoms with Crippen molar-refractivity contribution in [2.45, 2.75) is 34.1 Å². The SMILES string of the molecule is CCOc1ccc(CCNC(=O)c2cc(-c3c(C)nn(C)c3C)n[nH]2)cc1OCC. The first-order valence-corrected chi connectivity index (χ1v) is 10.2. The summed E-state index contributed by atoms with van der Waals surface area (Å²) in [7, 11) is 1.89. The molecule has 0 aliphatic heterocycles. The Hall–Kier alpha value is -3.29. The van der Waals surface area contributed by atoms with Crippen molar-refractivity contribution >= 4 is 5.91 Å². The van der Waals surface area contributed by atoms with E-state index in [1.807, 2.05) is 57.6 Å². The van der Waals surface area contributed by atoms with E-state index in [0.29, 0.717) is 31.9 Å². The van der Waals surface area contributed by atoms with E-state index in [9.17, 15) is 4.79 Å². The Kier molecular flexibility index (Phi) is 6.76. The molecule has 0 bridgehead atoms. The van der Waals surface area contributed by atoms with Gasteiger partial charge in [0.2, 0.25) is 0 Å². The zero-order valence-corrected chi connectivity index (χ0v) is 18.2. The number of nitrogens with one attached hydrogen (secondary N) is 2. The molecule has 3 aromatic rings. The lowest BCUT2D eigenvalue weighted by Crippen LogP contribution is -2.26. The van der Waals surface area contributed by atoms with Gasteiger partial charge in [-0.15, -0.1) is 0 Å². The molecule has 1 aromatic carbocycles. The van der Waals surface area contributed by atoms with Gasteiger partial charge in [-0.3, -0.25) is 14.6 Å². The van der Waals surface area contributed by atoms with Gasteiger partial charge in [-0.05, 0) is 57.9 Å². The number of carbonyl (C=O) groups is 1. The molecule has 3 rings (SSSR count). The average Bonchev–Trinajstić information content (AvgIpc) is 3.28. The summed E-state index contributed by atoms with van der Waals surface area (Å²) >= 11 is 0. The quantitative estimate of drug-likeness (QED) is 0.564. The van der Waals surface area contributed by atoms with Crippen molar-refractivity contribution in [3.8, 4) is 22.8 Å². The number of ether oxygens (including phenoxy) is 2. The van der Waals surface area contributed by atoms with Crippen LogP contribution in [0.15, 0.2) is 24.3 Å². The second-order valence-electron chi connectivity index (χ2n) is 6.99. The highest BCUT2D eigenvalue weighted by Crippen LogP contribution is 2.29. The predicted octanol–water partition coefficient (Wildman–Crippen LogP) is 3.20. The van der Waals surface area contributed by atoms with Crippen LogP contribution < -0.4 is 14.8 Å². The number of hydrogen-bond acceptors (Lipinski definition) is 5. The van der Waals surface area contributed by atoms with Gasteiger partial charge in [0.05, 0.1) is 24.6 Å². The van der Waals surface area contributed by atoms with Gasteiger partial charge in [0.25, 0.3) is 5.91 Å². The highest BCUT2D eigenvalue weighted by atomic mass is 16.5. The minimum Gasteiger partial charge on any atom is -0.490 e. The minimum atomic E-state index is -0.191. The highest BCUT2D eigenvalue weighted by molar-refractivity contribution is 5.93. The Bertz CT molecular complexity index is 1020. The molecule has 0 atom stereocenters. The van der Waals surface area contributed by atoms with Crippen LogP contribution in [0.25, 0.3) is 11.3 Å². The van der Waals surface area contributed by atoms with Gasteiger partial charge in [-0.2, -0.15) is 10.2 Å². The molecule has 0 fully saturated rings. The van der Waals surface area contributed by atoms with E-state index in [1.165, 1.54) is 0 Å². The maximum Gasteiger partial charge on any atom is 0.269 e. The lowest BCUT2D eigenvalue weighted by Gasteiger charge is -2.12. The van der Waals surface area contributed by atoms with E-state index in [1.54, 1.807) is 6.07 Å². The molecule has 30 heavy (non-hydrogen) atoms. The average molecular weight is 412 g/mol. The number of H-pyrrole nitrogens is 1. The van der Waals surface area contributed by atoms with Crippen molar-refractivity contribution < 1.29 is 14.3 Å². The monoisotopic (exact) mass is 411 g/mol. The molecule has 8 heteroatoms. The lowest BCUT2D eigenvalue weighted by molar-refractivity contribution is 0.0949. The fourth-order valence-corrected chi connectivity index (χ4v) is 3.38. The molecule has 0 unspecified atom stereocenters. The number of amides is 1. The molecule has 0 radical (unpaired) electrons. The number of benzene rings is 1. The zero-order chi connectivity index (χ0) is 21.7. The van der Waals surface area contributed by atoms with Crippen molar-refractivity contribution in [1.29, 1.82) is 0 Å². The molecule has 2 aromatic heterocycles. The van der Waals surface area contributed by atoms with Crippen molar-refractivity contribution in [3.05, 3.63) is 46.9 Å². The second-order valence-corrected chi connectivity index (χ2v) is 6.99. The molecule has 160 valence electrons. The Labute approximate surface area is 176 Å². The number of carbonyl (C=O) groups excluding carboxylic acids is 1. The molecule has 1 amide bonds. The summed E-state index contributed by atoms with van der Waals surface area (Å²) in [5, 5.41) is 14.5. The number of aryl methyl sites for hydroxylation is 2. The van der Waals surface area contributed by atoms with Gasteiger partial charge in [0.15, 0.2) is 11.5 Å². The number of aromatic nitrogens is 4. The summed E-state index contributed by atoms with van der Waals surface area (Å²) in [6, 6.07) is 7.62. The summed E-state index contributed by atoms with van der Waals surface area (Å²) in [5.74, 6) is 1.27. The predicted molar refractivity (Wildman–Crippen MR) is 115 cm³/mol. The number of rotatable bonds is 9. The summed E-state index contributed by atoms with van der Waals surface area (Å²) in [6.45, 7) is 9.45. The van der Waals surface area contributed by atoms with Gasteiger partial charge in [0.1, 0.15) is 5.69 Å². The molecule has 0 saturated heterocycles. The second kappa shape index (κ2) is 9.47. The largest absolute Gasteiger partial charge is 0.490 e. The smallest absolute Gasteiger partial charge is 0.269 e. The Balaban J connectivity index is 1.61. The third-order valence-corrected chi connectivity index (χ3v) is 4.89. The van der Waals surface area contributed by atoms with Crippen molar-refractivity contribution in [2.24, 2.45) is 7.05 Å². The number of nitrogens with zero attached hydrogens (tertiary/aromatic N) is 3. The fourth-order valence-electron chi connectivity index (χ4n) is 3.38. The van der Waals surface area contributed by atoms with Crippen LogP contribution in [0.5, 0.6) is 11.5 Å². The van der Waals surface area contributed by atoms with Crippen LogP contribution in [0.4, 0.5) is 0 Å². The van der Waals surface area contributed by atoms with Gasteiger partial charge < -0.3 is 14.8 Å². The van der Waals surface area contributed by atoms with E-state index < -0.39 is 0 Å². The third-order valence-electron chi connectivity index (χ3n) is 4.89. The van der Waals surface area contributed by atoms with Crippen LogP contribution in [-0.4, -0.2) is 45.6 Å². The van der Waals surface area contributed by atoms with E-state index in [0.717, 1.165) is 39.7 Å². The summed E-state index contributed by atoms with van der Waals surface area (Å²) in [5.41, 5.74) is 5.05. The molecular weight excluding hydrogens is 382 g/mol. The highest BCUT2D eigenvalue weighted by Gasteiger charge is 2.17. The van der Waals surface area contributed by atoms with Crippen LogP contribution >= 0.6 is 0 Å². The Morgan fingerprint density at radius 3 is 2.53 bits per heavy atom. The number of aromatic amines is 1. The maximum absolute atomic E-state index is 12.5. The summed E-state index contributed by atoms with van der Waals surface area (Å²) in [6.07, 6.45) is 0.681. The standard InChI is InChI=1S/C22H29N5O3/c1-6-29-19-9-8-16(12-20(19)30-7-2)10-11-23-22(28)18-13-17(24-25-18)21-14(3)26-27(5)15(21)4/h8-9,12-13H,6-7,10-11H2,1-5H3,(H,23,28)(H,24,25). The van der Waals surface area contributed by atoms with Crippen LogP contribution in [-0.2, 0) is 13.5 Å². The molecule has 0 spiro atoms. The van der Waals surface area contributed by atoms with Crippen molar-refractivity contribution in [1.82, 2.24) is 25.3 Å². The lowest BCUT2D eigenvalue weighted by atomic mass is 10.1. The maximum atomic E-state index is 12.5. The summed E-state index contributed by atoms with van der Waals surface area (Å²) < 4.78 is 13.1. The summed E-state index contributed by atoms with van der Waals surface area (Å²) in [4.78, 5) is 12.5. The van der Waals surface area contributed by atoms with Gasteiger partial charge in [-0.1, -0.05) is 6.07 Å². The topological polar surface area (TPSA) is 94.1 Å². The van der Waals surface area contributed by atoms with E-state index in [4.69, 9.17) is 9.47 Å². The molecule has 2 N–H and O–H groups in total. The molecule has 2 heterocycles. The fraction of sp³-hybridized carbons (Fsp3) is 0.409. The third kappa shape index (κ3) is 4.64. The van der Waals surface area contributed by atoms with E-state index in [-0.39, 0.29) is 5.91 Å². The van der Waals surface area contributed by atoms with E-state index in [2.05, 4.69) is 20.6 Å². The van der Waals surface area contributed by atoms with Gasteiger partial charge >= 0.3 is 0 Å². The molecular formula is C22H29N5O3. The first-order chi connectivity index (χ1) is 14.4. The van der Waals surface area contributed by atoms with Gasteiger partial charge in [0, 0.05) is 24.8 Å². The van der Waals surface area contributed by atoms with Crippen molar-refractivity contribution in [3.63, 3.8) is 0 Å². The minimum absolute atomic E-state index is 0.191. The molecule has 0 saturated carbocycles. The zero-order valence-electron chi connectivity index (χ0n) is 18.2. The molecule has 8 nitrogen and oxygen atoms in total. The van der Waals surface area contributed by atoms with Crippen molar-refractivity contribution in [2.75, 3.05) is 19.8 Å². The van der Waals surface area contributed by atoms with E-state index >= 15 is 0 Å². The van der Waals surface area contributed by atoms with Crippen LogP contribution in [0, 0.1) is 13.8 Å². The number of hydrogen-bond donors (Lipinski definition) is 2.